The molecular weight excluding hydrogens is 234 g/mol. The summed E-state index contributed by atoms with van der Waals surface area (Å²) in [7, 11) is 0. The maximum Gasteiger partial charge on any atom is 0.407 e. The van der Waals surface area contributed by atoms with Crippen LogP contribution < -0.4 is 11.1 Å². The van der Waals surface area contributed by atoms with E-state index in [9.17, 15) is 4.79 Å². The number of hydrogen-bond donors (Lipinski definition) is 2. The summed E-state index contributed by atoms with van der Waals surface area (Å²) >= 11 is 0. The molecule has 1 aromatic rings. The lowest BCUT2D eigenvalue weighted by Crippen LogP contribution is -2.36. The normalized spacial score (nSPS) is 13.2. The van der Waals surface area contributed by atoms with E-state index in [1.165, 1.54) is 0 Å². The minimum absolute atomic E-state index is 0.0741. The number of carbonyl (C=O) groups is 1. The smallest absolute Gasteiger partial charge is 0.407 e. The molecule has 1 rings (SSSR count). The van der Waals surface area contributed by atoms with Crippen molar-refractivity contribution in [3.63, 3.8) is 0 Å². The van der Waals surface area contributed by atoms with Crippen molar-refractivity contribution in [3.8, 4) is 0 Å². The van der Waals surface area contributed by atoms with Gasteiger partial charge in [-0.15, -0.1) is 0 Å². The van der Waals surface area contributed by atoms with E-state index >= 15 is 0 Å². The zero-order valence-corrected chi connectivity index (χ0v) is 11.3. The van der Waals surface area contributed by atoms with Crippen LogP contribution in [0.1, 0.15) is 38.1 Å². The largest absolute Gasteiger partial charge is 0.444 e. The van der Waals surface area contributed by atoms with Gasteiger partial charge in [-0.3, -0.25) is 0 Å². The van der Waals surface area contributed by atoms with Gasteiger partial charge in [-0.25, -0.2) is 4.79 Å². The lowest BCUT2D eigenvalue weighted by molar-refractivity contribution is 0.0524. The third-order valence-electron chi connectivity index (χ3n) is 2.24. The number of amides is 1. The first kappa shape index (κ1) is 14.5. The second-order valence-electron chi connectivity index (χ2n) is 5.18. The molecule has 102 valence electrons. The monoisotopic (exact) mass is 255 g/mol. The first-order chi connectivity index (χ1) is 8.31. The summed E-state index contributed by atoms with van der Waals surface area (Å²) < 4.78 is 10.1. The van der Waals surface area contributed by atoms with Gasteiger partial charge in [0.1, 0.15) is 11.4 Å². The van der Waals surface area contributed by atoms with Crippen LogP contribution in [0, 0.1) is 6.92 Å². The molecule has 6 nitrogen and oxygen atoms in total. The van der Waals surface area contributed by atoms with Gasteiger partial charge in [-0.2, -0.15) is 0 Å². The van der Waals surface area contributed by atoms with Crippen LogP contribution in [-0.4, -0.2) is 29.9 Å². The predicted molar refractivity (Wildman–Crippen MR) is 67.3 cm³/mol. The van der Waals surface area contributed by atoms with Gasteiger partial charge < -0.3 is 20.3 Å². The summed E-state index contributed by atoms with van der Waals surface area (Å²) in [5, 5.41) is 6.57. The second-order valence-corrected chi connectivity index (χ2v) is 5.18. The van der Waals surface area contributed by atoms with Crippen LogP contribution in [0.2, 0.25) is 0 Å². The highest BCUT2D eigenvalue weighted by Crippen LogP contribution is 2.14. The van der Waals surface area contributed by atoms with Gasteiger partial charge >= 0.3 is 6.09 Å². The highest BCUT2D eigenvalue weighted by molar-refractivity contribution is 5.67. The molecule has 0 saturated heterocycles. The van der Waals surface area contributed by atoms with E-state index in [0.717, 1.165) is 11.5 Å². The Bertz CT molecular complexity index is 396. The minimum Gasteiger partial charge on any atom is -0.444 e. The molecule has 0 aliphatic heterocycles. The molecule has 0 radical (unpaired) electrons. The molecule has 18 heavy (non-hydrogen) atoms. The van der Waals surface area contributed by atoms with Gasteiger partial charge in [0.15, 0.2) is 0 Å². The number of nitrogens with two attached hydrogens (primary N) is 1. The van der Waals surface area contributed by atoms with Crippen molar-refractivity contribution in [1.29, 1.82) is 0 Å². The molecule has 3 N–H and O–H groups in total. The van der Waals surface area contributed by atoms with Gasteiger partial charge in [0.25, 0.3) is 0 Å². The molecule has 0 spiro atoms. The molecule has 0 bridgehead atoms. The topological polar surface area (TPSA) is 90.4 Å². The standard InChI is InChI=1S/C12H21N3O3/c1-8-5-10(15-18-8)9(6-13)7-14-11(16)17-12(2,3)4/h5,9H,6-7,13H2,1-4H3,(H,14,16). The SMILES string of the molecule is Cc1cc(C(CN)CNC(=O)OC(C)(C)C)no1. The van der Waals surface area contributed by atoms with Gasteiger partial charge in [-0.05, 0) is 27.7 Å². The highest BCUT2D eigenvalue weighted by Gasteiger charge is 2.19. The van der Waals surface area contributed by atoms with Crippen molar-refractivity contribution in [1.82, 2.24) is 10.5 Å². The fourth-order valence-electron chi connectivity index (χ4n) is 1.41. The zero-order chi connectivity index (χ0) is 13.8. The Kier molecular flexibility index (Phi) is 4.72. The fourth-order valence-corrected chi connectivity index (χ4v) is 1.41. The number of aryl methyl sites for hydroxylation is 1. The summed E-state index contributed by atoms with van der Waals surface area (Å²) in [5.41, 5.74) is 5.89. The molecule has 1 atom stereocenters. The molecule has 1 aromatic heterocycles. The van der Waals surface area contributed by atoms with Crippen LogP contribution in [0.3, 0.4) is 0 Å². The quantitative estimate of drug-likeness (QED) is 0.851. The van der Waals surface area contributed by atoms with Gasteiger partial charge in [-0.1, -0.05) is 5.16 Å². The molecule has 0 aromatic carbocycles. The van der Waals surface area contributed by atoms with E-state index in [1.54, 1.807) is 0 Å². The summed E-state index contributed by atoms with van der Waals surface area (Å²) in [5.74, 6) is 0.649. The fraction of sp³-hybridized carbons (Fsp3) is 0.667. The molecule has 0 fully saturated rings. The van der Waals surface area contributed by atoms with Crippen LogP contribution in [0.25, 0.3) is 0 Å². The van der Waals surface area contributed by atoms with Crippen molar-refractivity contribution in [2.45, 2.75) is 39.2 Å². The Labute approximate surface area is 107 Å². The number of hydrogen-bond acceptors (Lipinski definition) is 5. The Morgan fingerprint density at radius 2 is 2.28 bits per heavy atom. The lowest BCUT2D eigenvalue weighted by Gasteiger charge is -2.20. The zero-order valence-electron chi connectivity index (χ0n) is 11.3. The second kappa shape index (κ2) is 5.86. The van der Waals surface area contributed by atoms with Gasteiger partial charge in [0.2, 0.25) is 0 Å². The van der Waals surface area contributed by atoms with Crippen LogP contribution in [0.4, 0.5) is 4.79 Å². The van der Waals surface area contributed by atoms with Gasteiger partial charge in [0.05, 0.1) is 5.69 Å². The third kappa shape index (κ3) is 4.75. The molecule has 0 aliphatic rings. The first-order valence-electron chi connectivity index (χ1n) is 5.92. The van der Waals surface area contributed by atoms with Crippen LogP contribution in [0.15, 0.2) is 10.6 Å². The molecule has 1 heterocycles. The van der Waals surface area contributed by atoms with Crippen molar-refractivity contribution in [2.75, 3.05) is 13.1 Å². The highest BCUT2D eigenvalue weighted by atomic mass is 16.6. The molecule has 1 unspecified atom stereocenters. The van der Waals surface area contributed by atoms with Crippen LogP contribution in [-0.2, 0) is 4.74 Å². The minimum atomic E-state index is -0.507. The Balaban J connectivity index is 2.48. The summed E-state index contributed by atoms with van der Waals surface area (Å²) in [6.45, 7) is 8.00. The molecule has 1 amide bonds. The number of nitrogens with one attached hydrogen (secondary N) is 1. The predicted octanol–water partition coefficient (Wildman–Crippen LogP) is 1.55. The number of carbonyl (C=O) groups excluding carboxylic acids is 1. The van der Waals surface area contributed by atoms with E-state index in [0.29, 0.717) is 13.1 Å². The molecule has 0 saturated carbocycles. The van der Waals surface area contributed by atoms with E-state index in [-0.39, 0.29) is 5.92 Å². The molecular formula is C12H21N3O3. The van der Waals surface area contributed by atoms with E-state index in [2.05, 4.69) is 10.5 Å². The summed E-state index contributed by atoms with van der Waals surface area (Å²) in [4.78, 5) is 11.5. The number of alkyl carbamates (subject to hydrolysis) is 1. The molecule has 6 heteroatoms. The third-order valence-corrected chi connectivity index (χ3v) is 2.24. The molecule has 0 aliphatic carbocycles. The van der Waals surface area contributed by atoms with Gasteiger partial charge in [0, 0.05) is 25.1 Å². The van der Waals surface area contributed by atoms with Crippen molar-refractivity contribution >= 4 is 6.09 Å². The van der Waals surface area contributed by atoms with Crippen molar-refractivity contribution in [3.05, 3.63) is 17.5 Å². The number of nitrogens with zero attached hydrogens (tertiary/aromatic N) is 1. The summed E-state index contributed by atoms with van der Waals surface area (Å²) in [6, 6.07) is 1.81. The Morgan fingerprint density at radius 3 is 2.72 bits per heavy atom. The van der Waals surface area contributed by atoms with E-state index in [1.807, 2.05) is 33.8 Å². The average Bonchev–Trinajstić information content (AvgIpc) is 2.63. The Morgan fingerprint density at radius 1 is 1.61 bits per heavy atom. The van der Waals surface area contributed by atoms with Crippen molar-refractivity contribution < 1.29 is 14.1 Å². The number of rotatable bonds is 4. The Hall–Kier alpha value is -1.56. The van der Waals surface area contributed by atoms with E-state index < -0.39 is 11.7 Å². The van der Waals surface area contributed by atoms with Crippen LogP contribution >= 0.6 is 0 Å². The average molecular weight is 255 g/mol. The van der Waals surface area contributed by atoms with Crippen molar-refractivity contribution in [2.24, 2.45) is 5.73 Å². The maximum absolute atomic E-state index is 11.5. The lowest BCUT2D eigenvalue weighted by atomic mass is 10.1. The van der Waals surface area contributed by atoms with E-state index in [4.69, 9.17) is 15.0 Å². The summed E-state index contributed by atoms with van der Waals surface area (Å²) in [6.07, 6.45) is -0.457. The first-order valence-corrected chi connectivity index (χ1v) is 5.92. The maximum atomic E-state index is 11.5. The number of aromatic nitrogens is 1. The van der Waals surface area contributed by atoms with Crippen LogP contribution in [0.5, 0.6) is 0 Å². The number of ether oxygens (including phenoxy) is 1.